The summed E-state index contributed by atoms with van der Waals surface area (Å²) in [4.78, 5) is 37.2. The maximum atomic E-state index is 12.4. The molecule has 0 bridgehead atoms. The normalized spacial score (nSPS) is 12.3. The number of imidazole rings is 2. The molecule has 0 aromatic carbocycles. The standard InChI is InChI=1S/C29H48N4O4S2/c1-7-30-18-24(36)32(26(30)37)20-28(3,4)16-10-14-22(34)12-9-13-23(35)15-11-17-29(5,6)21-33-25(38)19-31(8-2)27(33)39/h18-19,36,38H,7-17,20-21H2,1-6H3. The molecule has 2 rings (SSSR count). The van der Waals surface area contributed by atoms with Crippen LogP contribution in [0.3, 0.4) is 0 Å². The molecule has 2 aromatic rings. The van der Waals surface area contributed by atoms with E-state index < -0.39 is 0 Å². The van der Waals surface area contributed by atoms with Gasteiger partial charge >= 0.3 is 5.69 Å². The molecule has 0 aliphatic heterocycles. The first-order valence-electron chi connectivity index (χ1n) is 14.2. The molecular weight excluding hydrogens is 532 g/mol. The van der Waals surface area contributed by atoms with Gasteiger partial charge in [0, 0.05) is 58.1 Å². The molecule has 39 heavy (non-hydrogen) atoms. The first kappa shape index (κ1) is 33.1. The Balaban J connectivity index is 1.66. The van der Waals surface area contributed by atoms with Crippen LogP contribution in [0, 0.1) is 15.6 Å². The fourth-order valence-corrected chi connectivity index (χ4v) is 5.78. The van der Waals surface area contributed by atoms with E-state index in [-0.39, 0.29) is 34.0 Å². The molecule has 0 aliphatic carbocycles. The smallest absolute Gasteiger partial charge is 0.331 e. The zero-order chi connectivity index (χ0) is 29.4. The summed E-state index contributed by atoms with van der Waals surface area (Å²) in [5, 5.41) is 11.0. The average Bonchev–Trinajstić information content (AvgIpc) is 3.27. The molecule has 0 spiro atoms. The minimum absolute atomic E-state index is 0.00780. The predicted octanol–water partition coefficient (Wildman–Crippen LogP) is 6.42. The van der Waals surface area contributed by atoms with Crippen molar-refractivity contribution in [3.63, 3.8) is 0 Å². The molecule has 0 unspecified atom stereocenters. The molecule has 0 radical (unpaired) electrons. The van der Waals surface area contributed by atoms with Gasteiger partial charge in [-0.2, -0.15) is 0 Å². The zero-order valence-corrected chi connectivity index (χ0v) is 26.4. The molecular formula is C29H48N4O4S2. The summed E-state index contributed by atoms with van der Waals surface area (Å²) in [5.74, 6) is 0.366. The average molecular weight is 581 g/mol. The summed E-state index contributed by atoms with van der Waals surface area (Å²) in [6.45, 7) is 14.9. The van der Waals surface area contributed by atoms with Crippen molar-refractivity contribution in [3.05, 3.63) is 27.6 Å². The van der Waals surface area contributed by atoms with Crippen LogP contribution < -0.4 is 5.69 Å². The Morgan fingerprint density at radius 1 is 0.821 bits per heavy atom. The van der Waals surface area contributed by atoms with Crippen LogP contribution in [0.25, 0.3) is 0 Å². The lowest BCUT2D eigenvalue weighted by Gasteiger charge is -2.25. The number of aromatic nitrogens is 4. The molecule has 0 saturated carbocycles. The van der Waals surface area contributed by atoms with Gasteiger partial charge in [-0.15, -0.1) is 12.6 Å². The van der Waals surface area contributed by atoms with Crippen LogP contribution in [0.15, 0.2) is 22.2 Å². The van der Waals surface area contributed by atoms with E-state index in [9.17, 15) is 19.5 Å². The summed E-state index contributed by atoms with van der Waals surface area (Å²) in [6, 6.07) is 0. The van der Waals surface area contributed by atoms with Gasteiger partial charge in [-0.1, -0.05) is 27.7 Å². The molecule has 0 atom stereocenters. The number of aromatic hydroxyl groups is 1. The number of aryl methyl sites for hydroxylation is 2. The maximum absolute atomic E-state index is 12.4. The molecule has 0 saturated heterocycles. The Labute approximate surface area is 243 Å². The molecule has 0 fully saturated rings. The third kappa shape index (κ3) is 10.1. The van der Waals surface area contributed by atoms with Crippen molar-refractivity contribution in [1.29, 1.82) is 0 Å². The van der Waals surface area contributed by atoms with E-state index in [0.29, 0.717) is 45.2 Å². The van der Waals surface area contributed by atoms with E-state index in [0.717, 1.165) is 48.6 Å². The van der Waals surface area contributed by atoms with Gasteiger partial charge in [-0.25, -0.2) is 4.79 Å². The van der Waals surface area contributed by atoms with Crippen LogP contribution in [-0.4, -0.2) is 34.9 Å². The summed E-state index contributed by atoms with van der Waals surface area (Å²) in [7, 11) is 0. The third-order valence-corrected chi connectivity index (χ3v) is 8.24. The van der Waals surface area contributed by atoms with Crippen LogP contribution in [0.2, 0.25) is 0 Å². The van der Waals surface area contributed by atoms with Gasteiger partial charge in [0.05, 0.1) is 11.2 Å². The van der Waals surface area contributed by atoms with Gasteiger partial charge in [-0.3, -0.25) is 18.7 Å². The highest BCUT2D eigenvalue weighted by molar-refractivity contribution is 7.80. The van der Waals surface area contributed by atoms with E-state index in [2.05, 4.69) is 38.0 Å². The van der Waals surface area contributed by atoms with Gasteiger partial charge in [0.25, 0.3) is 0 Å². The lowest BCUT2D eigenvalue weighted by Crippen LogP contribution is -2.30. The van der Waals surface area contributed by atoms with Crippen molar-refractivity contribution >= 4 is 36.4 Å². The number of ketones is 2. The number of nitrogens with zero attached hydrogens (tertiary/aromatic N) is 4. The molecule has 2 aromatic heterocycles. The quantitative estimate of drug-likeness (QED) is 0.157. The van der Waals surface area contributed by atoms with Crippen molar-refractivity contribution in [2.45, 2.75) is 131 Å². The van der Waals surface area contributed by atoms with Gasteiger partial charge in [0.15, 0.2) is 4.77 Å². The van der Waals surface area contributed by atoms with E-state index in [1.165, 1.54) is 15.3 Å². The van der Waals surface area contributed by atoms with E-state index in [1.807, 2.05) is 31.5 Å². The summed E-state index contributed by atoms with van der Waals surface area (Å²) < 4.78 is 7.73. The van der Waals surface area contributed by atoms with Crippen molar-refractivity contribution < 1.29 is 14.7 Å². The molecule has 10 heteroatoms. The van der Waals surface area contributed by atoms with Crippen molar-refractivity contribution in [2.24, 2.45) is 10.8 Å². The number of thiol groups is 1. The summed E-state index contributed by atoms with van der Waals surface area (Å²) in [6.07, 6.45) is 9.11. The maximum Gasteiger partial charge on any atom is 0.331 e. The fourth-order valence-electron chi connectivity index (χ4n) is 5.06. The summed E-state index contributed by atoms with van der Waals surface area (Å²) in [5.41, 5.74) is -0.452. The van der Waals surface area contributed by atoms with Crippen LogP contribution in [-0.2, 0) is 35.8 Å². The van der Waals surface area contributed by atoms with Crippen molar-refractivity contribution in [1.82, 2.24) is 18.3 Å². The van der Waals surface area contributed by atoms with Gasteiger partial charge < -0.3 is 14.2 Å². The van der Waals surface area contributed by atoms with Gasteiger partial charge in [0.2, 0.25) is 5.88 Å². The van der Waals surface area contributed by atoms with E-state index in [4.69, 9.17) is 12.2 Å². The molecule has 2 heterocycles. The van der Waals surface area contributed by atoms with E-state index in [1.54, 1.807) is 0 Å². The Morgan fingerprint density at radius 2 is 1.28 bits per heavy atom. The predicted molar refractivity (Wildman–Crippen MR) is 161 cm³/mol. The van der Waals surface area contributed by atoms with Crippen LogP contribution in [0.4, 0.5) is 0 Å². The van der Waals surface area contributed by atoms with Gasteiger partial charge in [-0.05, 0) is 69.0 Å². The molecule has 220 valence electrons. The second kappa shape index (κ2) is 14.5. The second-order valence-electron chi connectivity index (χ2n) is 12.3. The van der Waals surface area contributed by atoms with E-state index >= 15 is 0 Å². The topological polar surface area (TPSA) is 91.2 Å². The monoisotopic (exact) mass is 580 g/mol. The Morgan fingerprint density at radius 3 is 1.72 bits per heavy atom. The molecule has 0 aliphatic rings. The number of rotatable bonds is 18. The summed E-state index contributed by atoms with van der Waals surface area (Å²) >= 11 is 10.1. The fraction of sp³-hybridized carbons (Fsp3) is 0.724. The Kier molecular flexibility index (Phi) is 12.3. The van der Waals surface area contributed by atoms with Gasteiger partial charge in [0.1, 0.15) is 11.6 Å². The van der Waals surface area contributed by atoms with Crippen LogP contribution >= 0.6 is 24.8 Å². The Hall–Kier alpha value is -2.07. The number of hydrogen-bond donors (Lipinski definition) is 2. The number of carbonyl (C=O) groups excluding carboxylic acids is 2. The molecule has 1 N–H and O–H groups in total. The number of Topliss-reactive ketones (excluding diaryl/α,β-unsaturated/α-hetero) is 2. The highest BCUT2D eigenvalue weighted by atomic mass is 32.1. The lowest BCUT2D eigenvalue weighted by molar-refractivity contribution is -0.120. The number of carbonyl (C=O) groups is 2. The number of hydrogen-bond acceptors (Lipinski definition) is 6. The van der Waals surface area contributed by atoms with Crippen molar-refractivity contribution in [3.8, 4) is 5.88 Å². The Bertz CT molecular complexity index is 1140. The minimum Gasteiger partial charge on any atom is -0.493 e. The first-order chi connectivity index (χ1) is 18.2. The highest BCUT2D eigenvalue weighted by Gasteiger charge is 2.23. The lowest BCUT2D eigenvalue weighted by atomic mass is 9.86. The van der Waals surface area contributed by atoms with Crippen LogP contribution in [0.5, 0.6) is 5.88 Å². The zero-order valence-electron chi connectivity index (χ0n) is 24.7. The van der Waals surface area contributed by atoms with Crippen molar-refractivity contribution in [2.75, 3.05) is 0 Å². The third-order valence-electron chi connectivity index (χ3n) is 7.43. The molecule has 8 nitrogen and oxygen atoms in total. The SMILES string of the molecule is CCn1cc(O)n(CC(C)(C)CCCC(=O)CCCC(=O)CCCC(C)(C)Cn2c(S)cn(CC)c2=S)c1=O. The molecule has 0 amide bonds. The first-order valence-corrected chi connectivity index (χ1v) is 15.1. The minimum atomic E-state index is -0.231. The largest absolute Gasteiger partial charge is 0.493 e. The second-order valence-corrected chi connectivity index (χ2v) is 13.1. The van der Waals surface area contributed by atoms with Crippen LogP contribution in [0.1, 0.15) is 99.3 Å². The highest BCUT2D eigenvalue weighted by Crippen LogP contribution is 2.29.